The number of fused-ring (bicyclic) bond motifs is 5. The zero-order valence-corrected chi connectivity index (χ0v) is 18.4. The van der Waals surface area contributed by atoms with Crippen LogP contribution in [0.3, 0.4) is 0 Å². The molecule has 0 fully saturated rings. The largest absolute Gasteiger partial charge is 0.497 e. The number of rotatable bonds is 3. The maximum Gasteiger partial charge on any atom is 0.225 e. The summed E-state index contributed by atoms with van der Waals surface area (Å²) < 4.78 is 9.56. The Hall–Kier alpha value is -4.38. The van der Waals surface area contributed by atoms with Crippen LogP contribution in [0.2, 0.25) is 0 Å². The summed E-state index contributed by atoms with van der Waals surface area (Å²) in [5, 5.41) is 2.25. The second-order valence-corrected chi connectivity index (χ2v) is 8.06. The fourth-order valence-corrected chi connectivity index (χ4v) is 4.25. The van der Waals surface area contributed by atoms with Gasteiger partial charge in [-0.05, 0) is 55.5 Å². The van der Waals surface area contributed by atoms with Crippen molar-refractivity contribution in [3.8, 4) is 17.4 Å². The lowest BCUT2D eigenvalue weighted by molar-refractivity contribution is 0.415. The molecule has 0 N–H and O–H groups in total. The molecule has 2 heterocycles. The Morgan fingerprint density at radius 3 is 2.18 bits per heavy atom. The van der Waals surface area contributed by atoms with E-state index in [0.29, 0.717) is 0 Å². The summed E-state index contributed by atoms with van der Waals surface area (Å²) >= 11 is 0. The summed E-state index contributed by atoms with van der Waals surface area (Å²) in [4.78, 5) is 10.1. The van der Waals surface area contributed by atoms with Gasteiger partial charge in [-0.25, -0.2) is 19.1 Å². The molecule has 0 aliphatic carbocycles. The average molecular weight is 431 g/mol. The maximum atomic E-state index is 5.31. The summed E-state index contributed by atoms with van der Waals surface area (Å²) in [5.41, 5.74) is 5.91. The Kier molecular flexibility index (Phi) is 4.47. The summed E-state index contributed by atoms with van der Waals surface area (Å²) in [6.07, 6.45) is 0. The summed E-state index contributed by atoms with van der Waals surface area (Å²) in [6.45, 7) is 2.09. The van der Waals surface area contributed by atoms with Crippen molar-refractivity contribution in [2.24, 2.45) is 4.99 Å². The first kappa shape index (κ1) is 19.3. The maximum absolute atomic E-state index is 5.31. The normalized spacial score (nSPS) is 12.1. The van der Waals surface area contributed by atoms with Crippen LogP contribution in [0.4, 0.5) is 5.69 Å². The van der Waals surface area contributed by atoms with E-state index in [1.807, 2.05) is 30.3 Å². The zero-order chi connectivity index (χ0) is 22.4. The standard InChI is InChI=1S/C28H22N4O/c1-19-11-15-21(16-12-19)31-27(29-20-13-17-22(33-2)18-14-20)32-26-10-6-4-8-24(26)23-7-3-5-9-25(23)30-28(31)32/h3-18H,1-2H3. The fourth-order valence-electron chi connectivity index (χ4n) is 4.25. The number of ether oxygens (including phenoxy) is 1. The van der Waals surface area contributed by atoms with Gasteiger partial charge >= 0.3 is 0 Å². The first-order valence-corrected chi connectivity index (χ1v) is 10.9. The topological polar surface area (TPSA) is 44.3 Å². The monoisotopic (exact) mass is 430 g/mol. The van der Waals surface area contributed by atoms with Gasteiger partial charge in [0.05, 0.1) is 29.5 Å². The second kappa shape index (κ2) is 7.64. The molecular weight excluding hydrogens is 408 g/mol. The third kappa shape index (κ3) is 3.17. The molecule has 6 rings (SSSR count). The van der Waals surface area contributed by atoms with Crippen molar-refractivity contribution in [3.63, 3.8) is 0 Å². The van der Waals surface area contributed by atoms with Gasteiger partial charge in [0.25, 0.3) is 0 Å². The molecule has 160 valence electrons. The molecule has 5 nitrogen and oxygen atoms in total. The second-order valence-electron chi connectivity index (χ2n) is 8.06. The van der Waals surface area contributed by atoms with E-state index in [-0.39, 0.29) is 0 Å². The van der Waals surface area contributed by atoms with E-state index in [4.69, 9.17) is 14.7 Å². The minimum absolute atomic E-state index is 0.806. The minimum atomic E-state index is 0.806. The van der Waals surface area contributed by atoms with Crippen molar-refractivity contribution >= 4 is 27.5 Å². The lowest BCUT2D eigenvalue weighted by Gasteiger charge is -2.23. The Morgan fingerprint density at radius 1 is 0.727 bits per heavy atom. The van der Waals surface area contributed by atoms with E-state index in [1.165, 1.54) is 5.56 Å². The molecule has 0 aromatic heterocycles. The van der Waals surface area contributed by atoms with Crippen molar-refractivity contribution in [3.05, 3.63) is 108 Å². The number of aryl methyl sites for hydroxylation is 1. The lowest BCUT2D eigenvalue weighted by Crippen LogP contribution is -2.41. The quantitative estimate of drug-likeness (QED) is 0.348. The molecule has 0 amide bonds. The Morgan fingerprint density at radius 2 is 1.42 bits per heavy atom. The number of benzene rings is 4. The highest BCUT2D eigenvalue weighted by atomic mass is 16.5. The van der Waals surface area contributed by atoms with Crippen molar-refractivity contribution < 1.29 is 4.74 Å². The van der Waals surface area contributed by atoms with Crippen molar-refractivity contribution in [1.82, 2.24) is 14.1 Å². The van der Waals surface area contributed by atoms with Crippen LogP contribution in [0.1, 0.15) is 5.56 Å². The first-order valence-electron chi connectivity index (χ1n) is 10.9. The van der Waals surface area contributed by atoms with Crippen LogP contribution < -0.4 is 10.4 Å². The zero-order valence-electron chi connectivity index (χ0n) is 18.4. The molecule has 33 heavy (non-hydrogen) atoms. The van der Waals surface area contributed by atoms with Gasteiger partial charge in [0.1, 0.15) is 5.75 Å². The molecule has 0 bridgehead atoms. The van der Waals surface area contributed by atoms with E-state index in [1.54, 1.807) is 7.11 Å². The van der Waals surface area contributed by atoms with Crippen molar-refractivity contribution in [2.45, 2.75) is 6.92 Å². The van der Waals surface area contributed by atoms with Crippen LogP contribution >= 0.6 is 0 Å². The van der Waals surface area contributed by atoms with Crippen LogP contribution in [-0.2, 0) is 0 Å². The van der Waals surface area contributed by atoms with E-state index in [9.17, 15) is 0 Å². The average Bonchev–Trinajstić information content (AvgIpc) is 2.97. The van der Waals surface area contributed by atoms with E-state index in [0.717, 1.165) is 50.5 Å². The van der Waals surface area contributed by atoms with E-state index in [2.05, 4.69) is 82.8 Å². The van der Waals surface area contributed by atoms with Crippen LogP contribution in [0.15, 0.2) is 102 Å². The number of methoxy groups -OCH3 is 1. The SMILES string of the molecule is COc1ccc(N=c2n(-c3ccc(C)cc3)c3nc4ccccc4c4ccccc4n2-3)cc1. The summed E-state index contributed by atoms with van der Waals surface area (Å²) in [5.74, 6) is 1.64. The number of para-hydroxylation sites is 2. The van der Waals surface area contributed by atoms with Crippen molar-refractivity contribution in [1.29, 1.82) is 0 Å². The molecular formula is C28H22N4O. The smallest absolute Gasteiger partial charge is 0.225 e. The van der Waals surface area contributed by atoms with E-state index < -0.39 is 0 Å². The van der Waals surface area contributed by atoms with Gasteiger partial charge in [-0.15, -0.1) is 0 Å². The molecule has 2 aliphatic rings. The highest BCUT2D eigenvalue weighted by Gasteiger charge is 2.22. The van der Waals surface area contributed by atoms with Gasteiger partial charge in [-0.2, -0.15) is 0 Å². The third-order valence-electron chi connectivity index (χ3n) is 5.95. The molecule has 0 atom stereocenters. The van der Waals surface area contributed by atoms with Gasteiger partial charge in [0.15, 0.2) is 0 Å². The number of hydrogen-bond acceptors (Lipinski definition) is 3. The highest BCUT2D eigenvalue weighted by Crippen LogP contribution is 2.28. The molecule has 2 aliphatic heterocycles. The molecule has 5 heteroatoms. The molecule has 0 saturated heterocycles. The molecule has 4 aromatic rings. The van der Waals surface area contributed by atoms with Gasteiger partial charge in [-0.1, -0.05) is 54.1 Å². The van der Waals surface area contributed by atoms with Crippen LogP contribution in [0.5, 0.6) is 5.75 Å². The first-order chi connectivity index (χ1) is 16.2. The van der Waals surface area contributed by atoms with Crippen LogP contribution in [0, 0.1) is 6.92 Å². The van der Waals surface area contributed by atoms with E-state index >= 15 is 0 Å². The van der Waals surface area contributed by atoms with Gasteiger partial charge in [-0.3, -0.25) is 0 Å². The van der Waals surface area contributed by atoms with Crippen molar-refractivity contribution in [2.75, 3.05) is 7.11 Å². The Balaban J connectivity index is 1.76. The molecule has 4 aromatic carbocycles. The minimum Gasteiger partial charge on any atom is -0.497 e. The number of nitrogens with zero attached hydrogens (tertiary/aromatic N) is 4. The fraction of sp³-hybridized carbons (Fsp3) is 0.0714. The third-order valence-corrected chi connectivity index (χ3v) is 5.95. The number of aromatic nitrogens is 3. The predicted octanol–water partition coefficient (Wildman–Crippen LogP) is 5.96. The predicted molar refractivity (Wildman–Crippen MR) is 132 cm³/mol. The molecule has 0 saturated carbocycles. The van der Waals surface area contributed by atoms with Gasteiger partial charge in [0.2, 0.25) is 11.6 Å². The van der Waals surface area contributed by atoms with Crippen LogP contribution in [0.25, 0.3) is 33.4 Å². The lowest BCUT2D eigenvalue weighted by atomic mass is 10.1. The van der Waals surface area contributed by atoms with Crippen LogP contribution in [-0.4, -0.2) is 21.2 Å². The Labute approximate surface area is 191 Å². The molecule has 0 spiro atoms. The Bertz CT molecular complexity index is 1640. The summed E-state index contributed by atoms with van der Waals surface area (Å²) in [6, 6.07) is 32.9. The van der Waals surface area contributed by atoms with Gasteiger partial charge < -0.3 is 4.74 Å². The summed E-state index contributed by atoms with van der Waals surface area (Å²) in [7, 11) is 1.67. The molecule has 0 unspecified atom stereocenters. The van der Waals surface area contributed by atoms with Gasteiger partial charge in [0, 0.05) is 10.8 Å². The molecule has 0 radical (unpaired) electrons. The highest BCUT2D eigenvalue weighted by molar-refractivity contribution is 6.04. The number of hydrogen-bond donors (Lipinski definition) is 0.